The van der Waals surface area contributed by atoms with Crippen LogP contribution in [0.2, 0.25) is 0 Å². The number of carbonyl (C=O) groups excluding carboxylic acids is 1. The molecule has 8 heteroatoms. The second-order valence-electron chi connectivity index (χ2n) is 7.57. The highest BCUT2D eigenvalue weighted by Crippen LogP contribution is 2.37. The number of esters is 1. The number of aryl methyl sites for hydroxylation is 1. The van der Waals surface area contributed by atoms with Crippen molar-refractivity contribution < 1.29 is 32.9 Å². The molecule has 0 atom stereocenters. The molecule has 1 aromatic heterocycles. The fourth-order valence-corrected chi connectivity index (χ4v) is 3.97. The van der Waals surface area contributed by atoms with Gasteiger partial charge < -0.3 is 28.1 Å². The lowest BCUT2D eigenvalue weighted by atomic mass is 9.99. The van der Waals surface area contributed by atoms with Gasteiger partial charge in [0.05, 0.1) is 11.1 Å². The van der Waals surface area contributed by atoms with E-state index >= 15 is 0 Å². The molecule has 0 unspecified atom stereocenters. The molecule has 0 saturated heterocycles. The van der Waals surface area contributed by atoms with Crippen molar-refractivity contribution in [3.05, 3.63) is 76.1 Å². The molecule has 0 fully saturated rings. The first-order valence-corrected chi connectivity index (χ1v) is 10.2. The monoisotopic (exact) mass is 444 g/mol. The van der Waals surface area contributed by atoms with E-state index in [1.165, 1.54) is 0 Å². The Kier molecular flexibility index (Phi) is 4.26. The van der Waals surface area contributed by atoms with Crippen LogP contribution in [0.15, 0.2) is 63.8 Å². The molecule has 0 aliphatic carbocycles. The molecule has 33 heavy (non-hydrogen) atoms. The third-order valence-corrected chi connectivity index (χ3v) is 5.62. The van der Waals surface area contributed by atoms with Crippen molar-refractivity contribution in [3.8, 4) is 39.9 Å². The van der Waals surface area contributed by atoms with Gasteiger partial charge in [0.2, 0.25) is 13.6 Å². The molecule has 2 aliphatic heterocycles. The second-order valence-corrected chi connectivity index (χ2v) is 7.57. The predicted octanol–water partition coefficient (Wildman–Crippen LogP) is 4.45. The average molecular weight is 444 g/mol. The Labute approximate surface area is 186 Å². The quantitative estimate of drug-likeness (QED) is 0.260. The number of fused-ring (bicyclic) bond motifs is 3. The zero-order chi connectivity index (χ0) is 22.5. The molecule has 4 aromatic rings. The van der Waals surface area contributed by atoms with Gasteiger partial charge in [0, 0.05) is 5.39 Å². The standard InChI is InChI=1S/C25H16O8/c1-13-17-10-16(32-24(26)15-3-6-20-22(9-15)31-12-29-20)4-7-18(17)33-25(27)23(13)14-2-5-19-21(8-14)30-11-28-19/h2-10H,11-12H2,1H3. The highest BCUT2D eigenvalue weighted by molar-refractivity contribution is 5.93. The van der Waals surface area contributed by atoms with E-state index < -0.39 is 11.6 Å². The molecule has 0 N–H and O–H groups in total. The van der Waals surface area contributed by atoms with Crippen LogP contribution in [0.3, 0.4) is 0 Å². The summed E-state index contributed by atoms with van der Waals surface area (Å²) in [5, 5.41) is 0.651. The number of hydrogen-bond donors (Lipinski definition) is 0. The van der Waals surface area contributed by atoms with Crippen molar-refractivity contribution in [1.29, 1.82) is 0 Å². The van der Waals surface area contributed by atoms with Crippen molar-refractivity contribution in [1.82, 2.24) is 0 Å². The minimum Gasteiger partial charge on any atom is -0.454 e. The summed E-state index contributed by atoms with van der Waals surface area (Å²) in [6, 6.07) is 15.0. The third kappa shape index (κ3) is 3.23. The fourth-order valence-electron chi connectivity index (χ4n) is 3.97. The van der Waals surface area contributed by atoms with Gasteiger partial charge in [0.1, 0.15) is 11.3 Å². The molecular formula is C25H16O8. The highest BCUT2D eigenvalue weighted by atomic mass is 16.7. The SMILES string of the molecule is Cc1c(-c2ccc3c(c2)OCO3)c(=O)oc2ccc(OC(=O)c3ccc4c(c3)OCO4)cc12. The predicted molar refractivity (Wildman–Crippen MR) is 116 cm³/mol. The van der Waals surface area contributed by atoms with Crippen molar-refractivity contribution in [2.24, 2.45) is 0 Å². The molecule has 3 heterocycles. The van der Waals surface area contributed by atoms with E-state index in [4.69, 9.17) is 28.1 Å². The zero-order valence-electron chi connectivity index (χ0n) is 17.4. The molecule has 0 amide bonds. The van der Waals surface area contributed by atoms with Crippen LogP contribution < -0.4 is 29.3 Å². The summed E-state index contributed by atoms with van der Waals surface area (Å²) in [5.41, 5.74) is 2.00. The maximum absolute atomic E-state index is 12.7. The lowest BCUT2D eigenvalue weighted by molar-refractivity contribution is 0.0734. The summed E-state index contributed by atoms with van der Waals surface area (Å²) in [6.07, 6.45) is 0. The Bertz CT molecular complexity index is 1500. The summed E-state index contributed by atoms with van der Waals surface area (Å²) in [5.74, 6) is 2.04. The van der Waals surface area contributed by atoms with E-state index in [2.05, 4.69) is 0 Å². The Morgan fingerprint density at radius 2 is 1.52 bits per heavy atom. The second kappa shape index (κ2) is 7.30. The number of rotatable bonds is 3. The van der Waals surface area contributed by atoms with E-state index in [0.717, 1.165) is 0 Å². The van der Waals surface area contributed by atoms with Crippen molar-refractivity contribution in [2.75, 3.05) is 13.6 Å². The molecule has 0 spiro atoms. The summed E-state index contributed by atoms with van der Waals surface area (Å²) in [4.78, 5) is 25.4. The zero-order valence-corrected chi connectivity index (χ0v) is 17.4. The Balaban J connectivity index is 1.36. The van der Waals surface area contributed by atoms with Gasteiger partial charge in [0.25, 0.3) is 0 Å². The van der Waals surface area contributed by atoms with Gasteiger partial charge in [0.15, 0.2) is 23.0 Å². The Morgan fingerprint density at radius 1 is 0.818 bits per heavy atom. The number of ether oxygens (including phenoxy) is 5. The molecule has 6 rings (SSSR count). The number of hydrogen-bond acceptors (Lipinski definition) is 8. The smallest absolute Gasteiger partial charge is 0.344 e. The van der Waals surface area contributed by atoms with Crippen molar-refractivity contribution >= 4 is 16.9 Å². The van der Waals surface area contributed by atoms with Crippen LogP contribution in [0.25, 0.3) is 22.1 Å². The lowest BCUT2D eigenvalue weighted by Crippen LogP contribution is -2.09. The molecule has 0 radical (unpaired) electrons. The van der Waals surface area contributed by atoms with Crippen LogP contribution >= 0.6 is 0 Å². The molecule has 8 nitrogen and oxygen atoms in total. The minimum atomic E-state index is -0.543. The molecule has 0 bridgehead atoms. The van der Waals surface area contributed by atoms with Gasteiger partial charge in [-0.1, -0.05) is 6.07 Å². The molecule has 3 aromatic carbocycles. The van der Waals surface area contributed by atoms with Crippen LogP contribution in [-0.2, 0) is 0 Å². The van der Waals surface area contributed by atoms with Crippen LogP contribution in [0.5, 0.6) is 28.7 Å². The van der Waals surface area contributed by atoms with Gasteiger partial charge in [-0.25, -0.2) is 9.59 Å². The van der Waals surface area contributed by atoms with Crippen molar-refractivity contribution in [2.45, 2.75) is 6.92 Å². The van der Waals surface area contributed by atoms with Crippen molar-refractivity contribution in [3.63, 3.8) is 0 Å². The normalized spacial score (nSPS) is 13.4. The van der Waals surface area contributed by atoms with E-state index in [1.54, 1.807) is 54.6 Å². The Morgan fingerprint density at radius 3 is 2.30 bits per heavy atom. The van der Waals surface area contributed by atoms with Crippen LogP contribution in [0, 0.1) is 6.92 Å². The molecular weight excluding hydrogens is 428 g/mol. The summed E-state index contributed by atoms with van der Waals surface area (Å²) < 4.78 is 32.5. The van der Waals surface area contributed by atoms with Gasteiger partial charge in [-0.15, -0.1) is 0 Å². The largest absolute Gasteiger partial charge is 0.454 e. The third-order valence-electron chi connectivity index (χ3n) is 5.62. The minimum absolute atomic E-state index is 0.120. The lowest BCUT2D eigenvalue weighted by Gasteiger charge is -2.10. The summed E-state index contributed by atoms with van der Waals surface area (Å²) in [7, 11) is 0. The molecule has 0 saturated carbocycles. The number of carbonyl (C=O) groups is 1. The highest BCUT2D eigenvalue weighted by Gasteiger charge is 2.20. The van der Waals surface area contributed by atoms with E-state index in [9.17, 15) is 9.59 Å². The van der Waals surface area contributed by atoms with E-state index in [-0.39, 0.29) is 13.6 Å². The summed E-state index contributed by atoms with van der Waals surface area (Å²) >= 11 is 0. The molecule has 164 valence electrons. The topological polar surface area (TPSA) is 93.4 Å². The maximum Gasteiger partial charge on any atom is 0.344 e. The first-order chi connectivity index (χ1) is 16.1. The van der Waals surface area contributed by atoms with Gasteiger partial charge in [-0.05, 0) is 66.6 Å². The van der Waals surface area contributed by atoms with Crippen LogP contribution in [0.4, 0.5) is 0 Å². The average Bonchev–Trinajstić information content (AvgIpc) is 3.48. The van der Waals surface area contributed by atoms with Gasteiger partial charge >= 0.3 is 11.6 Å². The van der Waals surface area contributed by atoms with Crippen LogP contribution in [0.1, 0.15) is 15.9 Å². The summed E-state index contributed by atoms with van der Waals surface area (Å²) in [6.45, 7) is 2.08. The van der Waals surface area contributed by atoms with Gasteiger partial charge in [-0.2, -0.15) is 0 Å². The van der Waals surface area contributed by atoms with Gasteiger partial charge in [-0.3, -0.25) is 0 Å². The Hall–Kier alpha value is -4.46. The maximum atomic E-state index is 12.7. The van der Waals surface area contributed by atoms with E-state index in [1.807, 2.05) is 6.92 Å². The first kappa shape index (κ1) is 19.2. The molecule has 2 aliphatic rings. The van der Waals surface area contributed by atoms with E-state index in [0.29, 0.717) is 62.0 Å². The first-order valence-electron chi connectivity index (χ1n) is 10.2. The number of benzene rings is 3. The fraction of sp³-hybridized carbons (Fsp3) is 0.120. The van der Waals surface area contributed by atoms with Crippen LogP contribution in [-0.4, -0.2) is 19.6 Å².